The number of carboxylic acid groups (broad SMARTS) is 1. The maximum Gasteiger partial charge on any atom is 0.334 e. The third-order valence-electron chi connectivity index (χ3n) is 3.56. The smallest absolute Gasteiger partial charge is 0.334 e. The molecule has 3 rings (SSSR count). The van der Waals surface area contributed by atoms with Gasteiger partial charge >= 0.3 is 5.97 Å². The van der Waals surface area contributed by atoms with Crippen LogP contribution >= 0.6 is 0 Å². The van der Waals surface area contributed by atoms with Crippen LogP contribution in [0.2, 0.25) is 0 Å². The SMILES string of the molecule is Cc1nc(C2CC2)oc1C(=O)N1CCOC(C(=O)O)C1. The number of nitrogens with zero attached hydrogens (tertiary/aromatic N) is 2. The maximum absolute atomic E-state index is 12.4. The van der Waals surface area contributed by atoms with E-state index < -0.39 is 12.1 Å². The summed E-state index contributed by atoms with van der Waals surface area (Å²) < 4.78 is 10.7. The summed E-state index contributed by atoms with van der Waals surface area (Å²) in [4.78, 5) is 29.0. The van der Waals surface area contributed by atoms with Gasteiger partial charge in [0.1, 0.15) is 0 Å². The van der Waals surface area contributed by atoms with E-state index in [-0.39, 0.29) is 24.8 Å². The lowest BCUT2D eigenvalue weighted by atomic mass is 10.2. The molecule has 2 heterocycles. The van der Waals surface area contributed by atoms with Gasteiger partial charge in [0, 0.05) is 12.5 Å². The fraction of sp³-hybridized carbons (Fsp3) is 0.615. The van der Waals surface area contributed by atoms with Gasteiger partial charge in [0.05, 0.1) is 18.8 Å². The second-order valence-electron chi connectivity index (χ2n) is 5.19. The average molecular weight is 280 g/mol. The number of amides is 1. The van der Waals surface area contributed by atoms with Crippen LogP contribution in [0.25, 0.3) is 0 Å². The highest BCUT2D eigenvalue weighted by molar-refractivity contribution is 5.93. The molecule has 1 unspecified atom stereocenters. The van der Waals surface area contributed by atoms with E-state index in [1.54, 1.807) is 6.92 Å². The Morgan fingerprint density at radius 3 is 2.80 bits per heavy atom. The van der Waals surface area contributed by atoms with Gasteiger partial charge in [-0.25, -0.2) is 9.78 Å². The first-order valence-corrected chi connectivity index (χ1v) is 6.67. The molecule has 1 aliphatic carbocycles. The van der Waals surface area contributed by atoms with E-state index in [1.807, 2.05) is 0 Å². The molecule has 2 fully saturated rings. The van der Waals surface area contributed by atoms with Crippen molar-refractivity contribution in [3.63, 3.8) is 0 Å². The quantitative estimate of drug-likeness (QED) is 0.879. The van der Waals surface area contributed by atoms with Crippen molar-refractivity contribution in [1.29, 1.82) is 0 Å². The number of rotatable bonds is 3. The Hall–Kier alpha value is -1.89. The Morgan fingerprint density at radius 1 is 1.40 bits per heavy atom. The number of hydrogen-bond acceptors (Lipinski definition) is 5. The molecule has 0 aromatic carbocycles. The van der Waals surface area contributed by atoms with Crippen LogP contribution in [0.1, 0.15) is 40.9 Å². The van der Waals surface area contributed by atoms with Gasteiger partial charge in [-0.15, -0.1) is 0 Å². The van der Waals surface area contributed by atoms with Crippen LogP contribution < -0.4 is 0 Å². The number of ether oxygens (including phenoxy) is 1. The van der Waals surface area contributed by atoms with E-state index in [2.05, 4.69) is 4.98 Å². The Balaban J connectivity index is 1.76. The number of hydrogen-bond donors (Lipinski definition) is 1. The average Bonchev–Trinajstić information content (AvgIpc) is 3.21. The Kier molecular flexibility index (Phi) is 3.21. The molecule has 7 heteroatoms. The van der Waals surface area contributed by atoms with Crippen molar-refractivity contribution in [1.82, 2.24) is 9.88 Å². The van der Waals surface area contributed by atoms with Gasteiger partial charge in [0.25, 0.3) is 5.91 Å². The molecular formula is C13H16N2O5. The molecular weight excluding hydrogens is 264 g/mol. The van der Waals surface area contributed by atoms with Crippen molar-refractivity contribution in [3.8, 4) is 0 Å². The molecule has 20 heavy (non-hydrogen) atoms. The molecule has 108 valence electrons. The van der Waals surface area contributed by atoms with Crippen molar-refractivity contribution in [2.45, 2.75) is 31.8 Å². The van der Waals surface area contributed by atoms with Gasteiger partial charge in [0.2, 0.25) is 5.76 Å². The number of carboxylic acids is 1. The molecule has 1 N–H and O–H groups in total. The van der Waals surface area contributed by atoms with E-state index >= 15 is 0 Å². The van der Waals surface area contributed by atoms with Crippen LogP contribution in [0, 0.1) is 6.92 Å². The molecule has 1 aromatic heterocycles. The predicted octanol–water partition coefficient (Wildman–Crippen LogP) is 0.786. The zero-order chi connectivity index (χ0) is 14.3. The van der Waals surface area contributed by atoms with Gasteiger partial charge < -0.3 is 19.2 Å². The van der Waals surface area contributed by atoms with Crippen LogP contribution in [0.15, 0.2) is 4.42 Å². The topological polar surface area (TPSA) is 92.9 Å². The Bertz CT molecular complexity index is 549. The largest absolute Gasteiger partial charge is 0.479 e. The molecule has 0 radical (unpaired) electrons. The highest BCUT2D eigenvalue weighted by atomic mass is 16.5. The summed E-state index contributed by atoms with van der Waals surface area (Å²) in [5, 5.41) is 8.95. The molecule has 1 saturated carbocycles. The normalized spacial score (nSPS) is 22.9. The van der Waals surface area contributed by atoms with Crippen molar-refractivity contribution in [2.75, 3.05) is 19.7 Å². The molecule has 1 atom stereocenters. The van der Waals surface area contributed by atoms with Gasteiger partial charge in [0.15, 0.2) is 12.0 Å². The zero-order valence-corrected chi connectivity index (χ0v) is 11.2. The van der Waals surface area contributed by atoms with Crippen molar-refractivity contribution in [2.24, 2.45) is 0 Å². The van der Waals surface area contributed by atoms with Gasteiger partial charge in [-0.2, -0.15) is 0 Å². The third kappa shape index (κ3) is 2.40. The lowest BCUT2D eigenvalue weighted by Crippen LogP contribution is -2.48. The summed E-state index contributed by atoms with van der Waals surface area (Å²) in [6, 6.07) is 0. The second kappa shape index (κ2) is 4.90. The van der Waals surface area contributed by atoms with E-state index in [4.69, 9.17) is 14.3 Å². The van der Waals surface area contributed by atoms with Crippen LogP contribution in [0.5, 0.6) is 0 Å². The fourth-order valence-corrected chi connectivity index (χ4v) is 2.25. The number of oxazole rings is 1. The molecule has 1 amide bonds. The molecule has 7 nitrogen and oxygen atoms in total. The van der Waals surface area contributed by atoms with Gasteiger partial charge in [-0.1, -0.05) is 0 Å². The molecule has 0 spiro atoms. The summed E-state index contributed by atoms with van der Waals surface area (Å²) in [5.74, 6) is -0.189. The first-order valence-electron chi connectivity index (χ1n) is 6.67. The molecule has 2 aliphatic rings. The summed E-state index contributed by atoms with van der Waals surface area (Å²) in [6.07, 6.45) is 1.12. The minimum absolute atomic E-state index is 0.0348. The minimum atomic E-state index is -1.06. The highest BCUT2D eigenvalue weighted by Crippen LogP contribution is 2.40. The molecule has 1 aromatic rings. The molecule has 1 saturated heterocycles. The second-order valence-corrected chi connectivity index (χ2v) is 5.19. The molecule has 1 aliphatic heterocycles. The lowest BCUT2D eigenvalue weighted by molar-refractivity contribution is -0.154. The zero-order valence-electron chi connectivity index (χ0n) is 11.2. The van der Waals surface area contributed by atoms with Crippen LogP contribution in [0.4, 0.5) is 0 Å². The predicted molar refractivity (Wildman–Crippen MR) is 66.5 cm³/mol. The Morgan fingerprint density at radius 2 is 2.15 bits per heavy atom. The van der Waals surface area contributed by atoms with Crippen molar-refractivity contribution in [3.05, 3.63) is 17.3 Å². The maximum atomic E-state index is 12.4. The first-order chi connectivity index (χ1) is 9.56. The number of morpholine rings is 1. The lowest BCUT2D eigenvalue weighted by Gasteiger charge is -2.30. The van der Waals surface area contributed by atoms with Gasteiger partial charge in [-0.3, -0.25) is 4.79 Å². The van der Waals surface area contributed by atoms with E-state index in [1.165, 1.54) is 4.90 Å². The number of aromatic nitrogens is 1. The number of aryl methyl sites for hydroxylation is 1. The number of carbonyl (C=O) groups excluding carboxylic acids is 1. The monoisotopic (exact) mass is 280 g/mol. The number of carbonyl (C=O) groups is 2. The third-order valence-corrected chi connectivity index (χ3v) is 3.56. The Labute approximate surface area is 115 Å². The van der Waals surface area contributed by atoms with Crippen molar-refractivity contribution < 1.29 is 23.8 Å². The van der Waals surface area contributed by atoms with E-state index in [0.29, 0.717) is 24.0 Å². The minimum Gasteiger partial charge on any atom is -0.479 e. The summed E-state index contributed by atoms with van der Waals surface area (Å²) in [6.45, 7) is 2.34. The highest BCUT2D eigenvalue weighted by Gasteiger charge is 2.34. The van der Waals surface area contributed by atoms with E-state index in [0.717, 1.165) is 12.8 Å². The van der Waals surface area contributed by atoms with Crippen LogP contribution in [-0.2, 0) is 9.53 Å². The molecule has 0 bridgehead atoms. The van der Waals surface area contributed by atoms with E-state index in [9.17, 15) is 9.59 Å². The standard InChI is InChI=1S/C13H16N2O5/c1-7-10(20-11(14-7)8-2-3-8)12(16)15-4-5-19-9(6-15)13(17)18/h8-9H,2-6H2,1H3,(H,17,18). The van der Waals surface area contributed by atoms with Crippen LogP contribution in [0.3, 0.4) is 0 Å². The summed E-state index contributed by atoms with van der Waals surface area (Å²) in [5.41, 5.74) is 0.565. The van der Waals surface area contributed by atoms with Crippen molar-refractivity contribution >= 4 is 11.9 Å². The fourth-order valence-electron chi connectivity index (χ4n) is 2.25. The first kappa shape index (κ1) is 13.1. The van der Waals surface area contributed by atoms with Crippen LogP contribution in [-0.4, -0.2) is 52.7 Å². The van der Waals surface area contributed by atoms with Gasteiger partial charge in [-0.05, 0) is 19.8 Å². The summed E-state index contributed by atoms with van der Waals surface area (Å²) in [7, 11) is 0. The number of aliphatic carboxylic acids is 1. The summed E-state index contributed by atoms with van der Waals surface area (Å²) >= 11 is 0.